The normalized spacial score (nSPS) is 10.7. The first kappa shape index (κ1) is 22.2. The van der Waals surface area contributed by atoms with E-state index in [0.29, 0.717) is 47.1 Å². The van der Waals surface area contributed by atoms with E-state index in [4.69, 9.17) is 11.6 Å². The minimum Gasteiger partial charge on any atom is -0.507 e. The van der Waals surface area contributed by atoms with Gasteiger partial charge in [-0.05, 0) is 47.4 Å². The minimum atomic E-state index is -0.725. The Bertz CT molecular complexity index is 1340. The molecule has 0 bridgehead atoms. The number of hydrogen-bond donors (Lipinski definition) is 4. The van der Waals surface area contributed by atoms with E-state index in [0.717, 1.165) is 5.46 Å². The molecule has 9 nitrogen and oxygen atoms in total. The van der Waals surface area contributed by atoms with Crippen LogP contribution in [-0.2, 0) is 0 Å². The molecule has 0 aliphatic rings. The maximum atomic E-state index is 12.4. The molecule has 0 spiro atoms. The van der Waals surface area contributed by atoms with E-state index in [1.807, 2.05) is 13.9 Å². The van der Waals surface area contributed by atoms with Gasteiger partial charge in [-0.25, -0.2) is 4.98 Å². The number of amides is 2. The molecule has 0 unspecified atom stereocenters. The van der Waals surface area contributed by atoms with Crippen molar-refractivity contribution >= 4 is 53.3 Å². The lowest BCUT2D eigenvalue weighted by atomic mass is 10.0. The predicted octanol–water partition coefficient (Wildman–Crippen LogP) is 1.97. The van der Waals surface area contributed by atoms with Crippen molar-refractivity contribution in [2.45, 2.75) is 0 Å². The van der Waals surface area contributed by atoms with Gasteiger partial charge < -0.3 is 21.1 Å². The maximum Gasteiger partial charge on any atom is 0.318 e. The number of anilines is 2. The van der Waals surface area contributed by atoms with Crippen LogP contribution >= 0.6 is 11.6 Å². The van der Waals surface area contributed by atoms with Gasteiger partial charge in [-0.15, -0.1) is 0 Å². The first-order valence-corrected chi connectivity index (χ1v) is 10.5. The second-order valence-corrected chi connectivity index (χ2v) is 7.61. The third-order valence-electron chi connectivity index (χ3n) is 4.91. The van der Waals surface area contributed by atoms with Crippen LogP contribution in [0.25, 0.3) is 16.9 Å². The Kier molecular flexibility index (Phi) is 6.46. The number of hydrogen-bond acceptors (Lipinski definition) is 6. The molecule has 0 aliphatic heterocycles. The third kappa shape index (κ3) is 5.07. The number of phenols is 1. The van der Waals surface area contributed by atoms with E-state index >= 15 is 0 Å². The van der Waals surface area contributed by atoms with Crippen LogP contribution in [0.2, 0.25) is 0 Å². The molecule has 4 aromatic rings. The van der Waals surface area contributed by atoms with Gasteiger partial charge in [0.15, 0.2) is 5.65 Å². The number of rotatable bonds is 7. The van der Waals surface area contributed by atoms with Gasteiger partial charge in [0.25, 0.3) is 5.91 Å². The number of halogens is 1. The van der Waals surface area contributed by atoms with Crippen LogP contribution in [0, 0.1) is 0 Å². The van der Waals surface area contributed by atoms with Crippen LogP contribution in [0.15, 0.2) is 60.8 Å². The number of phenolic OH excluding ortho intramolecular Hbond substituents is 1. The van der Waals surface area contributed by atoms with Crippen molar-refractivity contribution in [1.82, 2.24) is 19.9 Å². The lowest BCUT2D eigenvalue weighted by Gasteiger charge is -2.12. The lowest BCUT2D eigenvalue weighted by molar-refractivity contribution is 0.0955. The summed E-state index contributed by atoms with van der Waals surface area (Å²) < 4.78 is 1.68. The van der Waals surface area contributed by atoms with Crippen molar-refractivity contribution in [2.24, 2.45) is 0 Å². The zero-order chi connectivity index (χ0) is 23.4. The molecule has 2 aromatic heterocycles. The molecule has 11 heteroatoms. The summed E-state index contributed by atoms with van der Waals surface area (Å²) in [4.78, 5) is 28.1. The van der Waals surface area contributed by atoms with E-state index < -0.39 is 5.37 Å². The highest BCUT2D eigenvalue weighted by Crippen LogP contribution is 2.29. The van der Waals surface area contributed by atoms with E-state index in [2.05, 4.69) is 26.0 Å². The molecule has 166 valence electrons. The fraction of sp³-hybridized carbons (Fsp3) is 0.0909. The highest BCUT2D eigenvalue weighted by atomic mass is 35.5. The molecule has 0 fully saturated rings. The molecule has 0 radical (unpaired) electrons. The fourth-order valence-corrected chi connectivity index (χ4v) is 3.46. The Labute approximate surface area is 195 Å². The van der Waals surface area contributed by atoms with Gasteiger partial charge in [0.2, 0.25) is 0 Å². The summed E-state index contributed by atoms with van der Waals surface area (Å²) in [6.45, 7) is 0.753. The summed E-state index contributed by atoms with van der Waals surface area (Å²) in [6, 6.07) is 15.3. The average molecular weight is 463 g/mol. The van der Waals surface area contributed by atoms with Crippen molar-refractivity contribution in [3.63, 3.8) is 0 Å². The highest BCUT2D eigenvalue weighted by molar-refractivity contribution is 6.65. The van der Waals surface area contributed by atoms with Gasteiger partial charge in [0, 0.05) is 42.2 Å². The van der Waals surface area contributed by atoms with Crippen LogP contribution in [0.1, 0.15) is 10.4 Å². The monoisotopic (exact) mass is 462 g/mol. The molecule has 0 saturated carbocycles. The summed E-state index contributed by atoms with van der Waals surface area (Å²) in [5, 5.41) is 22.4. The number of benzene rings is 2. The van der Waals surface area contributed by atoms with Crippen molar-refractivity contribution in [2.75, 3.05) is 23.7 Å². The van der Waals surface area contributed by atoms with Gasteiger partial charge in [0.1, 0.15) is 19.4 Å². The molecule has 33 heavy (non-hydrogen) atoms. The topological polar surface area (TPSA) is 121 Å². The van der Waals surface area contributed by atoms with Crippen molar-refractivity contribution < 1.29 is 14.7 Å². The SMILES string of the molecule is Bc1cnn2c(NCCNC(=O)c3cccc(NC(=O)Cl)c3)cc(-c3ccccc3O)nc12. The highest BCUT2D eigenvalue weighted by Gasteiger charge is 2.13. The van der Waals surface area contributed by atoms with Gasteiger partial charge >= 0.3 is 5.37 Å². The van der Waals surface area contributed by atoms with Gasteiger partial charge in [-0.1, -0.05) is 18.2 Å². The number of carbonyl (C=O) groups excluding carboxylic acids is 2. The summed E-state index contributed by atoms with van der Waals surface area (Å²) in [6.07, 6.45) is 1.72. The number of carbonyl (C=O) groups is 2. The van der Waals surface area contributed by atoms with Gasteiger partial charge in [0.05, 0.1) is 5.69 Å². The Balaban J connectivity index is 1.46. The number of fused-ring (bicyclic) bond motifs is 1. The third-order valence-corrected chi connectivity index (χ3v) is 5.01. The molecule has 0 atom stereocenters. The molecule has 0 saturated heterocycles. The van der Waals surface area contributed by atoms with E-state index in [1.165, 1.54) is 0 Å². The summed E-state index contributed by atoms with van der Waals surface area (Å²) in [5.74, 6) is 0.525. The maximum absolute atomic E-state index is 12.4. The Morgan fingerprint density at radius 3 is 2.70 bits per heavy atom. The van der Waals surface area contributed by atoms with Crippen molar-refractivity contribution in [3.05, 3.63) is 66.4 Å². The number of nitrogens with zero attached hydrogens (tertiary/aromatic N) is 3. The lowest BCUT2D eigenvalue weighted by Crippen LogP contribution is -2.29. The van der Waals surface area contributed by atoms with Crippen LogP contribution in [-0.4, -0.2) is 51.9 Å². The number of aromatic hydroxyl groups is 1. The number of para-hydroxylation sites is 1. The first-order chi connectivity index (χ1) is 15.9. The fourth-order valence-electron chi connectivity index (χ4n) is 3.35. The van der Waals surface area contributed by atoms with Crippen molar-refractivity contribution in [1.29, 1.82) is 0 Å². The second-order valence-electron chi connectivity index (χ2n) is 7.27. The van der Waals surface area contributed by atoms with E-state index in [-0.39, 0.29) is 11.7 Å². The van der Waals surface area contributed by atoms with Crippen LogP contribution < -0.4 is 21.4 Å². The zero-order valence-corrected chi connectivity index (χ0v) is 18.4. The van der Waals surface area contributed by atoms with Crippen LogP contribution in [0.3, 0.4) is 0 Å². The molecule has 4 N–H and O–H groups in total. The van der Waals surface area contributed by atoms with Crippen LogP contribution in [0.5, 0.6) is 5.75 Å². The molecular formula is C22H20BClN6O3. The van der Waals surface area contributed by atoms with Crippen LogP contribution in [0.4, 0.5) is 16.3 Å². The van der Waals surface area contributed by atoms with E-state index in [1.54, 1.807) is 59.2 Å². The molecule has 2 aromatic carbocycles. The molecular weight excluding hydrogens is 443 g/mol. The number of nitrogens with one attached hydrogen (secondary N) is 3. The molecule has 2 heterocycles. The standard InChI is InChI=1S/C22H20BClN6O3/c23-16-12-27-30-19(11-17(29-20(16)30)15-6-1-2-7-18(15)31)25-8-9-26-21(32)13-4-3-5-14(10-13)28-22(24)33/h1-7,10-12,25,31H,8-9,23H2,(H,26,32)(H,28,33). The van der Waals surface area contributed by atoms with Gasteiger partial charge in [-0.3, -0.25) is 9.59 Å². The molecule has 0 aliphatic carbocycles. The summed E-state index contributed by atoms with van der Waals surface area (Å²) >= 11 is 5.32. The summed E-state index contributed by atoms with van der Waals surface area (Å²) in [7, 11) is 1.91. The summed E-state index contributed by atoms with van der Waals surface area (Å²) in [5.41, 5.74) is 3.61. The van der Waals surface area contributed by atoms with E-state index in [9.17, 15) is 14.7 Å². The largest absolute Gasteiger partial charge is 0.507 e. The average Bonchev–Trinajstić information content (AvgIpc) is 3.17. The quantitative estimate of drug-likeness (QED) is 0.144. The van der Waals surface area contributed by atoms with Gasteiger partial charge in [-0.2, -0.15) is 9.61 Å². The van der Waals surface area contributed by atoms with Crippen molar-refractivity contribution in [3.8, 4) is 17.0 Å². The molecule has 2 amide bonds. The minimum absolute atomic E-state index is 0.136. The smallest absolute Gasteiger partial charge is 0.318 e. The Morgan fingerprint density at radius 2 is 1.91 bits per heavy atom. The number of aromatic nitrogens is 3. The zero-order valence-electron chi connectivity index (χ0n) is 17.7. The Hall–Kier alpha value is -4.05. The first-order valence-electron chi connectivity index (χ1n) is 10.1. The predicted molar refractivity (Wildman–Crippen MR) is 130 cm³/mol. The molecule has 4 rings (SSSR count). The second kappa shape index (κ2) is 9.62. The Morgan fingerprint density at radius 1 is 1.09 bits per heavy atom.